The van der Waals surface area contributed by atoms with Crippen molar-refractivity contribution in [3.05, 3.63) is 64.8 Å². The number of aryl methyl sites for hydroxylation is 2. The summed E-state index contributed by atoms with van der Waals surface area (Å²) in [6.07, 6.45) is 5.60. The van der Waals surface area contributed by atoms with Crippen molar-refractivity contribution in [1.82, 2.24) is 10.3 Å². The van der Waals surface area contributed by atoms with E-state index in [-0.39, 0.29) is 12.5 Å². The minimum atomic E-state index is -3.38. The number of H-pyrrole nitrogens is 1. The van der Waals surface area contributed by atoms with E-state index in [2.05, 4.69) is 15.0 Å². The van der Waals surface area contributed by atoms with Crippen LogP contribution in [-0.2, 0) is 29.4 Å². The molecule has 0 aliphatic heterocycles. The maximum absolute atomic E-state index is 12.7. The molecule has 3 N–H and O–H groups in total. The Kier molecular flexibility index (Phi) is 4.85. The predicted molar refractivity (Wildman–Crippen MR) is 111 cm³/mol. The van der Waals surface area contributed by atoms with E-state index in [0.29, 0.717) is 16.8 Å². The summed E-state index contributed by atoms with van der Waals surface area (Å²) in [6.45, 7) is 0.237. The van der Waals surface area contributed by atoms with Crippen molar-refractivity contribution in [2.45, 2.75) is 32.2 Å². The number of hydrogen-bond acceptors (Lipinski definition) is 3. The largest absolute Gasteiger partial charge is 0.358 e. The highest BCUT2D eigenvalue weighted by Crippen LogP contribution is 2.29. The lowest BCUT2D eigenvalue weighted by molar-refractivity contribution is 0.0951. The van der Waals surface area contributed by atoms with Gasteiger partial charge in [-0.2, -0.15) is 0 Å². The highest BCUT2D eigenvalue weighted by molar-refractivity contribution is 7.92. The molecule has 1 aliphatic rings. The second-order valence-electron chi connectivity index (χ2n) is 7.26. The average molecular weight is 398 g/mol. The van der Waals surface area contributed by atoms with E-state index in [9.17, 15) is 13.2 Å². The third kappa shape index (κ3) is 3.89. The number of benzene rings is 2. The number of carbonyl (C=O) groups is 1. The summed E-state index contributed by atoms with van der Waals surface area (Å²) in [5, 5.41) is 4.02. The molecule has 0 atom stereocenters. The number of nitrogens with one attached hydrogen (secondary N) is 3. The van der Waals surface area contributed by atoms with Crippen molar-refractivity contribution >= 4 is 32.5 Å². The zero-order valence-corrected chi connectivity index (χ0v) is 16.5. The van der Waals surface area contributed by atoms with Gasteiger partial charge in [-0.15, -0.1) is 0 Å². The van der Waals surface area contributed by atoms with Crippen molar-refractivity contribution in [2.24, 2.45) is 0 Å². The first-order valence-electron chi connectivity index (χ1n) is 9.38. The Balaban J connectivity index is 1.53. The number of rotatable bonds is 5. The minimum absolute atomic E-state index is 0.179. The summed E-state index contributed by atoms with van der Waals surface area (Å²) in [5.74, 6) is -0.179. The van der Waals surface area contributed by atoms with Crippen LogP contribution in [0.3, 0.4) is 0 Å². The molecule has 0 saturated heterocycles. The van der Waals surface area contributed by atoms with E-state index >= 15 is 0 Å². The molecule has 0 spiro atoms. The first kappa shape index (κ1) is 18.6. The normalized spacial score (nSPS) is 13.9. The van der Waals surface area contributed by atoms with Gasteiger partial charge in [0.05, 0.1) is 11.9 Å². The number of anilines is 1. The van der Waals surface area contributed by atoms with Crippen LogP contribution in [0.25, 0.3) is 10.9 Å². The second kappa shape index (κ2) is 7.31. The topological polar surface area (TPSA) is 91.1 Å². The molecule has 1 heterocycles. The molecule has 1 aliphatic carbocycles. The van der Waals surface area contributed by atoms with Crippen molar-refractivity contribution in [3.8, 4) is 0 Å². The highest BCUT2D eigenvalue weighted by atomic mass is 32.2. The van der Waals surface area contributed by atoms with Crippen LogP contribution in [0.5, 0.6) is 0 Å². The van der Waals surface area contributed by atoms with Gasteiger partial charge in [-0.25, -0.2) is 8.42 Å². The van der Waals surface area contributed by atoms with Gasteiger partial charge in [0.25, 0.3) is 5.91 Å². The van der Waals surface area contributed by atoms with Crippen molar-refractivity contribution < 1.29 is 13.2 Å². The Morgan fingerprint density at radius 3 is 2.71 bits per heavy atom. The fraction of sp³-hybridized carbons (Fsp3) is 0.286. The number of hydrogen-bond donors (Lipinski definition) is 3. The Morgan fingerprint density at radius 2 is 1.89 bits per heavy atom. The summed E-state index contributed by atoms with van der Waals surface area (Å²) < 4.78 is 25.5. The van der Waals surface area contributed by atoms with Crippen LogP contribution >= 0.6 is 0 Å². The number of aromatic amines is 1. The van der Waals surface area contributed by atoms with Crippen LogP contribution in [0.1, 0.15) is 40.0 Å². The molecule has 2 aromatic carbocycles. The molecule has 0 bridgehead atoms. The molecule has 28 heavy (non-hydrogen) atoms. The van der Waals surface area contributed by atoms with Crippen molar-refractivity contribution in [1.29, 1.82) is 0 Å². The molecular formula is C21H23N3O3S. The molecule has 0 radical (unpaired) electrons. The molecular weight excluding hydrogens is 374 g/mol. The lowest BCUT2D eigenvalue weighted by atomic mass is 9.95. The van der Waals surface area contributed by atoms with E-state index < -0.39 is 10.0 Å². The van der Waals surface area contributed by atoms with Crippen molar-refractivity contribution in [2.75, 3.05) is 11.0 Å². The smallest absolute Gasteiger partial charge is 0.251 e. The van der Waals surface area contributed by atoms with Gasteiger partial charge in [-0.1, -0.05) is 18.2 Å². The number of para-hydroxylation sites is 1. The number of amides is 1. The molecule has 146 valence electrons. The molecule has 0 fully saturated rings. The molecule has 6 nitrogen and oxygen atoms in total. The quantitative estimate of drug-likeness (QED) is 0.617. The molecule has 1 aromatic heterocycles. The van der Waals surface area contributed by atoms with Crippen LogP contribution in [-0.4, -0.2) is 25.6 Å². The lowest BCUT2D eigenvalue weighted by Crippen LogP contribution is -2.23. The summed E-state index contributed by atoms with van der Waals surface area (Å²) in [5.41, 5.74) is 5.49. The second-order valence-corrected chi connectivity index (χ2v) is 9.01. The van der Waals surface area contributed by atoms with Crippen LogP contribution in [0.2, 0.25) is 0 Å². The lowest BCUT2D eigenvalue weighted by Gasteiger charge is -2.12. The summed E-state index contributed by atoms with van der Waals surface area (Å²) >= 11 is 0. The third-order valence-electron chi connectivity index (χ3n) is 5.11. The molecule has 0 saturated carbocycles. The van der Waals surface area contributed by atoms with E-state index in [1.807, 2.05) is 24.3 Å². The zero-order valence-electron chi connectivity index (χ0n) is 15.7. The summed E-state index contributed by atoms with van der Waals surface area (Å²) in [4.78, 5) is 16.2. The predicted octanol–water partition coefficient (Wildman–Crippen LogP) is 3.35. The minimum Gasteiger partial charge on any atom is -0.358 e. The first-order valence-corrected chi connectivity index (χ1v) is 11.3. The third-order valence-corrected chi connectivity index (χ3v) is 5.70. The number of sulfonamides is 1. The first-order chi connectivity index (χ1) is 13.4. The molecule has 7 heteroatoms. The molecule has 1 amide bonds. The monoisotopic (exact) mass is 397 g/mol. The number of carbonyl (C=O) groups excluding carboxylic acids is 1. The highest BCUT2D eigenvalue weighted by Gasteiger charge is 2.17. The van der Waals surface area contributed by atoms with Gasteiger partial charge >= 0.3 is 0 Å². The van der Waals surface area contributed by atoms with Crippen LogP contribution in [0.4, 0.5) is 5.69 Å². The van der Waals surface area contributed by atoms with Gasteiger partial charge in [0.2, 0.25) is 10.0 Å². The van der Waals surface area contributed by atoms with E-state index in [4.69, 9.17) is 0 Å². The van der Waals surface area contributed by atoms with Crippen LogP contribution < -0.4 is 10.0 Å². The standard InChI is InChI=1S/C21H23N3O3S/c1-28(26,27)24-18-8-4-2-6-15(18)13-22-21(25)14-10-11-20-17(12-14)16-7-3-5-9-19(16)23-20/h2,4,6,8,10-12,23-24H,3,5,7,9,13H2,1H3,(H,22,25). The Bertz CT molecular complexity index is 1150. The zero-order chi connectivity index (χ0) is 19.7. The van der Waals surface area contributed by atoms with Crippen molar-refractivity contribution in [3.63, 3.8) is 0 Å². The van der Waals surface area contributed by atoms with Gasteiger partial charge in [0, 0.05) is 28.7 Å². The van der Waals surface area contributed by atoms with Gasteiger partial charge in [-0.3, -0.25) is 9.52 Å². The van der Waals surface area contributed by atoms with Crippen LogP contribution in [0.15, 0.2) is 42.5 Å². The Morgan fingerprint density at radius 1 is 1.11 bits per heavy atom. The summed E-state index contributed by atoms with van der Waals surface area (Å²) in [7, 11) is -3.38. The van der Waals surface area contributed by atoms with E-state index in [1.165, 1.54) is 24.1 Å². The van der Waals surface area contributed by atoms with Gasteiger partial charge in [-0.05, 0) is 61.1 Å². The molecule has 3 aromatic rings. The maximum Gasteiger partial charge on any atom is 0.251 e. The summed E-state index contributed by atoms with van der Waals surface area (Å²) in [6, 6.07) is 12.8. The van der Waals surface area contributed by atoms with Gasteiger partial charge in [0.1, 0.15) is 0 Å². The fourth-order valence-electron chi connectivity index (χ4n) is 3.80. The number of aromatic nitrogens is 1. The average Bonchev–Trinajstić information content (AvgIpc) is 3.04. The van der Waals surface area contributed by atoms with Gasteiger partial charge in [0.15, 0.2) is 0 Å². The van der Waals surface area contributed by atoms with E-state index in [1.54, 1.807) is 18.2 Å². The molecule has 0 unspecified atom stereocenters. The maximum atomic E-state index is 12.7. The molecule has 4 rings (SSSR count). The van der Waals surface area contributed by atoms with E-state index in [0.717, 1.165) is 30.0 Å². The van der Waals surface area contributed by atoms with Crippen LogP contribution in [0, 0.1) is 0 Å². The Labute approximate surface area is 164 Å². The fourth-order valence-corrected chi connectivity index (χ4v) is 4.40. The number of fused-ring (bicyclic) bond motifs is 3. The SMILES string of the molecule is CS(=O)(=O)Nc1ccccc1CNC(=O)c1ccc2[nH]c3c(c2c1)CCCC3. The van der Waals surface area contributed by atoms with Gasteiger partial charge < -0.3 is 10.3 Å². The Hall–Kier alpha value is -2.80.